The predicted molar refractivity (Wildman–Crippen MR) is 106 cm³/mol. The van der Waals surface area contributed by atoms with E-state index in [9.17, 15) is 24.3 Å². The third-order valence-electron chi connectivity index (χ3n) is 5.75. The van der Waals surface area contributed by atoms with Crippen LogP contribution in [0, 0.1) is 5.92 Å². The molecule has 8 heteroatoms. The number of amides is 2. The molecule has 2 heterocycles. The molecule has 0 aromatic heterocycles. The van der Waals surface area contributed by atoms with Crippen LogP contribution in [0.25, 0.3) is 0 Å². The van der Waals surface area contributed by atoms with Crippen LogP contribution in [0.15, 0.2) is 47.6 Å². The summed E-state index contributed by atoms with van der Waals surface area (Å²) in [6.07, 6.45) is 3.21. The molecule has 4 rings (SSSR count). The fraction of sp³-hybridized carbons (Fsp3) is 0.364. The first-order valence-corrected chi connectivity index (χ1v) is 9.87. The molecule has 0 saturated carbocycles. The monoisotopic (exact) mass is 410 g/mol. The molecule has 0 bridgehead atoms. The smallest absolute Gasteiger partial charge is 0.339 e. The first-order chi connectivity index (χ1) is 14.3. The Kier molecular flexibility index (Phi) is 5.15. The number of nitrogens with zero attached hydrogens (tertiary/aromatic N) is 2. The van der Waals surface area contributed by atoms with Gasteiger partial charge in [-0.25, -0.2) is 4.79 Å². The Bertz CT molecular complexity index is 974. The SMILES string of the molecule is CN1CC[C@@H](C2=CC(Oc3ccc(C(=O)N4CCC4)cc3)C(=O)C(C(=O)O)=C2)C1=O. The highest BCUT2D eigenvalue weighted by Crippen LogP contribution is 2.31. The van der Waals surface area contributed by atoms with Gasteiger partial charge in [0.05, 0.1) is 5.92 Å². The van der Waals surface area contributed by atoms with Gasteiger partial charge in [-0.15, -0.1) is 0 Å². The van der Waals surface area contributed by atoms with E-state index in [0.717, 1.165) is 19.5 Å². The Morgan fingerprint density at radius 3 is 2.33 bits per heavy atom. The molecule has 2 saturated heterocycles. The van der Waals surface area contributed by atoms with Crippen molar-refractivity contribution in [3.8, 4) is 5.75 Å². The van der Waals surface area contributed by atoms with Crippen molar-refractivity contribution in [2.45, 2.75) is 18.9 Å². The average molecular weight is 410 g/mol. The van der Waals surface area contributed by atoms with Crippen LogP contribution in [-0.4, -0.2) is 71.3 Å². The average Bonchev–Trinajstić information content (AvgIpc) is 3.01. The Balaban J connectivity index is 1.55. The molecule has 2 aliphatic heterocycles. The molecular formula is C22H22N2O6. The summed E-state index contributed by atoms with van der Waals surface area (Å²) in [4.78, 5) is 52.1. The van der Waals surface area contributed by atoms with Crippen LogP contribution < -0.4 is 4.74 Å². The molecule has 8 nitrogen and oxygen atoms in total. The summed E-state index contributed by atoms with van der Waals surface area (Å²) in [6, 6.07) is 6.41. The van der Waals surface area contributed by atoms with Crippen LogP contribution in [0.4, 0.5) is 0 Å². The highest BCUT2D eigenvalue weighted by atomic mass is 16.5. The minimum Gasteiger partial charge on any atom is -0.478 e. The number of carboxylic acid groups (broad SMARTS) is 1. The highest BCUT2D eigenvalue weighted by Gasteiger charge is 2.37. The van der Waals surface area contributed by atoms with Crippen LogP contribution in [0.5, 0.6) is 5.75 Å². The van der Waals surface area contributed by atoms with E-state index in [1.54, 1.807) is 41.1 Å². The molecule has 2 amide bonds. The summed E-state index contributed by atoms with van der Waals surface area (Å²) in [5.41, 5.74) is 0.610. The van der Waals surface area contributed by atoms with Gasteiger partial charge in [-0.3, -0.25) is 14.4 Å². The van der Waals surface area contributed by atoms with Crippen molar-refractivity contribution in [2.24, 2.45) is 5.92 Å². The number of rotatable bonds is 5. The number of hydrogen-bond donors (Lipinski definition) is 1. The Morgan fingerprint density at radius 1 is 1.10 bits per heavy atom. The lowest BCUT2D eigenvalue weighted by Crippen LogP contribution is -2.41. The second-order valence-electron chi connectivity index (χ2n) is 7.70. The van der Waals surface area contributed by atoms with Gasteiger partial charge in [-0.05, 0) is 54.8 Å². The van der Waals surface area contributed by atoms with Crippen molar-refractivity contribution < 1.29 is 29.0 Å². The third kappa shape index (κ3) is 3.60. The van der Waals surface area contributed by atoms with Gasteiger partial charge in [-0.1, -0.05) is 0 Å². The number of ketones is 1. The molecule has 30 heavy (non-hydrogen) atoms. The van der Waals surface area contributed by atoms with Crippen molar-refractivity contribution >= 4 is 23.6 Å². The molecular weight excluding hydrogens is 388 g/mol. The summed E-state index contributed by atoms with van der Waals surface area (Å²) < 4.78 is 5.76. The fourth-order valence-corrected chi connectivity index (χ4v) is 3.82. The molecule has 2 fully saturated rings. The molecule has 0 spiro atoms. The second-order valence-corrected chi connectivity index (χ2v) is 7.70. The minimum atomic E-state index is -1.35. The van der Waals surface area contributed by atoms with E-state index < -0.39 is 29.3 Å². The normalized spacial score (nSPS) is 23.6. The predicted octanol–water partition coefficient (Wildman–Crippen LogP) is 1.28. The van der Waals surface area contributed by atoms with Gasteiger partial charge in [0.2, 0.25) is 11.7 Å². The van der Waals surface area contributed by atoms with Crippen LogP contribution >= 0.6 is 0 Å². The number of ether oxygens (including phenoxy) is 1. The van der Waals surface area contributed by atoms with Crippen molar-refractivity contribution in [3.05, 3.63) is 53.1 Å². The molecule has 0 radical (unpaired) electrons. The van der Waals surface area contributed by atoms with E-state index in [2.05, 4.69) is 0 Å². The highest BCUT2D eigenvalue weighted by molar-refractivity contribution is 6.20. The summed E-state index contributed by atoms with van der Waals surface area (Å²) in [7, 11) is 1.69. The number of aliphatic carboxylic acids is 1. The van der Waals surface area contributed by atoms with Crippen molar-refractivity contribution in [3.63, 3.8) is 0 Å². The van der Waals surface area contributed by atoms with Gasteiger partial charge in [0.15, 0.2) is 6.10 Å². The van der Waals surface area contributed by atoms with Crippen LogP contribution in [0.2, 0.25) is 0 Å². The lowest BCUT2D eigenvalue weighted by molar-refractivity contribution is -0.136. The van der Waals surface area contributed by atoms with Crippen molar-refractivity contribution in [1.29, 1.82) is 0 Å². The lowest BCUT2D eigenvalue weighted by atomic mass is 9.87. The van der Waals surface area contributed by atoms with Gasteiger partial charge < -0.3 is 19.6 Å². The quantitative estimate of drug-likeness (QED) is 0.734. The summed E-state index contributed by atoms with van der Waals surface area (Å²) in [5.74, 6) is -2.34. The number of likely N-dealkylation sites (tertiary alicyclic amines) is 2. The maximum Gasteiger partial charge on any atom is 0.339 e. The van der Waals surface area contributed by atoms with E-state index in [-0.39, 0.29) is 11.8 Å². The zero-order chi connectivity index (χ0) is 21.4. The minimum absolute atomic E-state index is 0.0521. The molecule has 156 valence electrons. The van der Waals surface area contributed by atoms with Gasteiger partial charge >= 0.3 is 5.97 Å². The second kappa shape index (κ2) is 7.78. The molecule has 1 aromatic rings. The largest absolute Gasteiger partial charge is 0.478 e. The van der Waals surface area contributed by atoms with Gasteiger partial charge in [0.1, 0.15) is 11.3 Å². The zero-order valence-corrected chi connectivity index (χ0v) is 16.5. The lowest BCUT2D eigenvalue weighted by Gasteiger charge is -2.30. The number of hydrogen-bond acceptors (Lipinski definition) is 5. The van der Waals surface area contributed by atoms with Crippen LogP contribution in [0.3, 0.4) is 0 Å². The third-order valence-corrected chi connectivity index (χ3v) is 5.75. The van der Waals surface area contributed by atoms with Gasteiger partial charge in [-0.2, -0.15) is 0 Å². The molecule has 1 aromatic carbocycles. The first kappa shape index (κ1) is 19.9. The summed E-state index contributed by atoms with van der Waals surface area (Å²) in [5, 5.41) is 9.44. The topological polar surface area (TPSA) is 104 Å². The van der Waals surface area contributed by atoms with Gasteiger partial charge in [0.25, 0.3) is 5.91 Å². The van der Waals surface area contributed by atoms with E-state index in [0.29, 0.717) is 29.9 Å². The summed E-state index contributed by atoms with van der Waals surface area (Å²) >= 11 is 0. The maximum absolute atomic E-state index is 12.6. The Morgan fingerprint density at radius 2 is 1.80 bits per heavy atom. The molecule has 1 unspecified atom stereocenters. The Hall–Kier alpha value is -3.42. The number of Topliss-reactive ketones (excluding diaryl/α,β-unsaturated/α-hetero) is 1. The van der Waals surface area contributed by atoms with Crippen molar-refractivity contribution in [1.82, 2.24) is 9.80 Å². The Labute approximate surface area is 173 Å². The van der Waals surface area contributed by atoms with E-state index in [1.165, 1.54) is 12.2 Å². The molecule has 1 aliphatic carbocycles. The van der Waals surface area contributed by atoms with Gasteiger partial charge in [0, 0.05) is 32.2 Å². The van der Waals surface area contributed by atoms with Crippen LogP contribution in [-0.2, 0) is 14.4 Å². The van der Waals surface area contributed by atoms with E-state index in [4.69, 9.17) is 4.74 Å². The number of benzene rings is 1. The maximum atomic E-state index is 12.6. The first-order valence-electron chi connectivity index (χ1n) is 9.87. The number of carboxylic acids is 1. The summed E-state index contributed by atoms with van der Waals surface area (Å²) in [6.45, 7) is 2.07. The van der Waals surface area contributed by atoms with E-state index >= 15 is 0 Å². The molecule has 3 aliphatic rings. The number of carbonyl (C=O) groups excluding carboxylic acids is 3. The number of allylic oxidation sites excluding steroid dienone is 1. The molecule has 1 N–H and O–H groups in total. The van der Waals surface area contributed by atoms with Crippen molar-refractivity contribution in [2.75, 3.05) is 26.7 Å². The number of carbonyl (C=O) groups is 4. The standard InChI is InChI=1S/C22H22N2O6/c1-23-10-7-16(21(23)27)14-11-17(22(28)29)19(25)18(12-14)30-15-5-3-13(4-6-15)20(26)24-8-2-9-24/h3-6,11-12,16,18H,2,7-10H2,1H3,(H,28,29)/t16-,18?/m0/s1. The van der Waals surface area contributed by atoms with Crippen LogP contribution in [0.1, 0.15) is 23.2 Å². The molecule has 2 atom stereocenters. The zero-order valence-electron chi connectivity index (χ0n) is 16.5. The fourth-order valence-electron chi connectivity index (χ4n) is 3.82. The van der Waals surface area contributed by atoms with E-state index in [1.807, 2.05) is 0 Å².